The molecule has 0 nitrogen and oxygen atoms in total. The number of halogens is 1. The highest BCUT2D eigenvalue weighted by Gasteiger charge is 2.82. The van der Waals surface area contributed by atoms with Crippen LogP contribution in [0.1, 0.15) is 6.42 Å². The van der Waals surface area contributed by atoms with Crippen molar-refractivity contribution in [3.05, 3.63) is 0 Å². The quantitative estimate of drug-likeness (QED) is 0.450. The van der Waals surface area contributed by atoms with Crippen molar-refractivity contribution in [3.63, 3.8) is 0 Å². The molecule has 5 saturated carbocycles. The van der Waals surface area contributed by atoms with Crippen LogP contribution in [0.5, 0.6) is 0 Å². The summed E-state index contributed by atoms with van der Waals surface area (Å²) in [7, 11) is 0. The normalized spacial score (nSPS) is 87.0. The molecule has 5 rings (SSSR count). The maximum Gasteiger partial charge on any atom is 0.0403 e. The van der Waals surface area contributed by atoms with Crippen molar-refractivity contribution >= 4 is 11.6 Å². The molecular weight excluding hydrogens is 132 g/mol. The molecule has 0 aliphatic heterocycles. The van der Waals surface area contributed by atoms with E-state index in [0.717, 1.165) is 29.6 Å². The molecule has 0 aromatic heterocycles. The van der Waals surface area contributed by atoms with E-state index >= 15 is 0 Å². The SMILES string of the molecule is ClC1C2C3CC4C2C4C13. The van der Waals surface area contributed by atoms with Gasteiger partial charge in [0.1, 0.15) is 0 Å². The van der Waals surface area contributed by atoms with Crippen molar-refractivity contribution in [2.24, 2.45) is 35.5 Å². The van der Waals surface area contributed by atoms with Crippen molar-refractivity contribution in [1.82, 2.24) is 0 Å². The van der Waals surface area contributed by atoms with Crippen LogP contribution in [0.2, 0.25) is 0 Å². The summed E-state index contributed by atoms with van der Waals surface area (Å²) in [6, 6.07) is 0. The Labute approximate surface area is 59.6 Å². The lowest BCUT2D eigenvalue weighted by Gasteiger charge is -2.38. The highest BCUT2D eigenvalue weighted by atomic mass is 35.5. The lowest BCUT2D eigenvalue weighted by Crippen LogP contribution is -2.39. The van der Waals surface area contributed by atoms with Crippen molar-refractivity contribution in [1.29, 1.82) is 0 Å². The van der Waals surface area contributed by atoms with E-state index in [1.54, 1.807) is 6.42 Å². The van der Waals surface area contributed by atoms with Crippen molar-refractivity contribution < 1.29 is 0 Å². The molecule has 0 aromatic carbocycles. The molecule has 0 N–H and O–H groups in total. The molecule has 6 bridgehead atoms. The van der Waals surface area contributed by atoms with Crippen LogP contribution in [0.3, 0.4) is 0 Å². The number of alkyl halides is 1. The van der Waals surface area contributed by atoms with Crippen LogP contribution in [-0.4, -0.2) is 5.38 Å². The molecule has 0 heterocycles. The summed E-state index contributed by atoms with van der Waals surface area (Å²) in [5.74, 6) is 6.59. The molecule has 0 spiro atoms. The van der Waals surface area contributed by atoms with Gasteiger partial charge in [-0.1, -0.05) is 0 Å². The fraction of sp³-hybridized carbons (Fsp3) is 1.00. The average Bonchev–Trinajstić information content (AvgIpc) is 2.39. The predicted octanol–water partition coefficient (Wildman–Crippen LogP) is 1.74. The minimum atomic E-state index is 0.628. The van der Waals surface area contributed by atoms with E-state index in [9.17, 15) is 0 Å². The zero-order valence-corrected chi connectivity index (χ0v) is 5.88. The summed E-state index contributed by atoms with van der Waals surface area (Å²) in [5.41, 5.74) is 0. The zero-order valence-electron chi connectivity index (χ0n) is 5.13. The third-order valence-corrected chi connectivity index (χ3v) is 5.03. The fourth-order valence-corrected chi connectivity index (χ4v) is 5.00. The lowest BCUT2D eigenvalue weighted by atomic mass is 9.73. The minimum Gasteiger partial charge on any atom is -0.122 e. The van der Waals surface area contributed by atoms with Gasteiger partial charge in [-0.15, -0.1) is 11.6 Å². The zero-order chi connectivity index (χ0) is 5.75. The average molecular weight is 141 g/mol. The molecule has 4 unspecified atom stereocenters. The van der Waals surface area contributed by atoms with Gasteiger partial charge in [0.25, 0.3) is 0 Å². The van der Waals surface area contributed by atoms with Crippen LogP contribution in [-0.2, 0) is 0 Å². The third kappa shape index (κ3) is 0.224. The van der Waals surface area contributed by atoms with E-state index in [1.807, 2.05) is 0 Å². The summed E-state index contributed by atoms with van der Waals surface area (Å²) in [5, 5.41) is 0.628. The predicted molar refractivity (Wildman–Crippen MR) is 35.2 cm³/mol. The summed E-state index contributed by atoms with van der Waals surface area (Å²) in [4.78, 5) is 0. The van der Waals surface area contributed by atoms with Crippen LogP contribution in [0, 0.1) is 35.5 Å². The highest BCUT2D eigenvalue weighted by molar-refractivity contribution is 6.22. The van der Waals surface area contributed by atoms with Gasteiger partial charge >= 0.3 is 0 Å². The summed E-state index contributed by atoms with van der Waals surface area (Å²) in [6.07, 6.45) is 1.56. The molecule has 1 heteroatoms. The molecule has 0 amide bonds. The molecule has 48 valence electrons. The Morgan fingerprint density at radius 3 is 1.78 bits per heavy atom. The molecule has 9 heavy (non-hydrogen) atoms. The van der Waals surface area contributed by atoms with E-state index < -0.39 is 0 Å². The maximum atomic E-state index is 6.16. The summed E-state index contributed by atoms with van der Waals surface area (Å²) < 4.78 is 0. The van der Waals surface area contributed by atoms with Gasteiger partial charge in [-0.3, -0.25) is 0 Å². The van der Waals surface area contributed by atoms with E-state index in [4.69, 9.17) is 11.6 Å². The number of hydrogen-bond acceptors (Lipinski definition) is 0. The van der Waals surface area contributed by atoms with Crippen LogP contribution < -0.4 is 0 Å². The second-order valence-corrected chi connectivity index (χ2v) is 4.82. The van der Waals surface area contributed by atoms with Gasteiger partial charge in [-0.05, 0) is 41.9 Å². The molecule has 5 aliphatic rings. The van der Waals surface area contributed by atoms with Gasteiger partial charge in [0, 0.05) is 5.38 Å². The Hall–Kier alpha value is 0.290. The van der Waals surface area contributed by atoms with Crippen LogP contribution in [0.4, 0.5) is 0 Å². The highest BCUT2D eigenvalue weighted by Crippen LogP contribution is 2.85. The first kappa shape index (κ1) is 4.23. The Kier molecular flexibility index (Phi) is 0.416. The summed E-state index contributed by atoms with van der Waals surface area (Å²) >= 11 is 6.16. The van der Waals surface area contributed by atoms with Gasteiger partial charge in [0.2, 0.25) is 0 Å². The van der Waals surface area contributed by atoms with Crippen LogP contribution in [0.25, 0.3) is 0 Å². The van der Waals surface area contributed by atoms with Crippen LogP contribution >= 0.6 is 11.6 Å². The van der Waals surface area contributed by atoms with Gasteiger partial charge in [0.05, 0.1) is 0 Å². The van der Waals surface area contributed by atoms with E-state index in [0.29, 0.717) is 5.38 Å². The van der Waals surface area contributed by atoms with Crippen molar-refractivity contribution in [2.75, 3.05) is 0 Å². The first-order valence-corrected chi connectivity index (χ1v) is 4.47. The largest absolute Gasteiger partial charge is 0.122 e. The second-order valence-electron chi connectivity index (χ2n) is 4.32. The first-order chi connectivity index (χ1) is 4.39. The molecule has 5 fully saturated rings. The van der Waals surface area contributed by atoms with E-state index in [-0.39, 0.29) is 0 Å². The number of hydrogen-bond donors (Lipinski definition) is 0. The van der Waals surface area contributed by atoms with Crippen LogP contribution in [0.15, 0.2) is 0 Å². The molecule has 4 atom stereocenters. The van der Waals surface area contributed by atoms with Gasteiger partial charge in [-0.25, -0.2) is 0 Å². The lowest BCUT2D eigenvalue weighted by molar-refractivity contribution is 0.180. The van der Waals surface area contributed by atoms with E-state index in [2.05, 4.69) is 0 Å². The van der Waals surface area contributed by atoms with E-state index in [1.165, 1.54) is 5.92 Å². The topological polar surface area (TPSA) is 0 Å². The first-order valence-electron chi connectivity index (χ1n) is 4.03. The molecular formula is C8H9Cl. The molecule has 0 radical (unpaired) electrons. The molecule has 0 aromatic rings. The van der Waals surface area contributed by atoms with Gasteiger partial charge in [0.15, 0.2) is 0 Å². The smallest absolute Gasteiger partial charge is 0.0403 e. The monoisotopic (exact) mass is 140 g/mol. The molecule has 0 saturated heterocycles. The van der Waals surface area contributed by atoms with Crippen molar-refractivity contribution in [3.8, 4) is 0 Å². The number of rotatable bonds is 0. The third-order valence-electron chi connectivity index (χ3n) is 4.45. The Bertz CT molecular complexity index is 179. The Morgan fingerprint density at radius 2 is 1.44 bits per heavy atom. The molecule has 5 aliphatic carbocycles. The Balaban J connectivity index is 1.98. The Morgan fingerprint density at radius 1 is 0.889 bits per heavy atom. The minimum absolute atomic E-state index is 0.628. The van der Waals surface area contributed by atoms with Crippen molar-refractivity contribution in [2.45, 2.75) is 11.8 Å². The fourth-order valence-electron chi connectivity index (χ4n) is 4.29. The summed E-state index contributed by atoms with van der Waals surface area (Å²) in [6.45, 7) is 0. The van der Waals surface area contributed by atoms with Gasteiger partial charge < -0.3 is 0 Å². The maximum absolute atomic E-state index is 6.16. The standard InChI is InChI=1S/C8H9Cl/c9-8-6-3-1-2-4(6)5(2)7(3)8/h2-8H,1H2. The second kappa shape index (κ2) is 0.887. The van der Waals surface area contributed by atoms with Gasteiger partial charge in [-0.2, -0.15) is 0 Å².